The van der Waals surface area contributed by atoms with Gasteiger partial charge < -0.3 is 0 Å². The summed E-state index contributed by atoms with van der Waals surface area (Å²) in [5, 5.41) is 0. The Bertz CT molecular complexity index is 269. The maximum atomic E-state index is 6.06. The molecule has 2 rings (SSSR count). The molecule has 0 amide bonds. The Morgan fingerprint density at radius 3 is 1.30 bits per heavy atom. The van der Waals surface area contributed by atoms with Crippen molar-refractivity contribution < 1.29 is 12.3 Å². The average Bonchev–Trinajstić information content (AvgIpc) is 2.51. The van der Waals surface area contributed by atoms with E-state index in [0.29, 0.717) is 26.4 Å². The van der Waals surface area contributed by atoms with Crippen LogP contribution in [0, 0.1) is 0 Å². The molecule has 2 saturated heterocycles. The van der Waals surface area contributed by atoms with Crippen LogP contribution in [0.25, 0.3) is 0 Å². The van der Waals surface area contributed by atoms with Gasteiger partial charge in [-0.3, -0.25) is 0 Å². The summed E-state index contributed by atoms with van der Waals surface area (Å²) in [5.41, 5.74) is 0. The standard InChI is InChI=1S/2C8H17NO2.Sn/c2*1-2-3-4-9(5-7-10)6-8-11;/h2*2-8H2,1H3;/q2*-2;+4. The zero-order valence-electron chi connectivity index (χ0n) is 14.9. The average molecular weight is 437 g/mol. The van der Waals surface area contributed by atoms with Crippen LogP contribution in [0.5, 0.6) is 0 Å². The molecule has 0 N–H and O–H groups in total. The van der Waals surface area contributed by atoms with Gasteiger partial charge in [-0.25, -0.2) is 0 Å². The Balaban J connectivity index is 1.76. The normalized spacial score (nSPS) is 24.8. The van der Waals surface area contributed by atoms with Crippen LogP contribution < -0.4 is 0 Å². The molecule has 0 aromatic rings. The van der Waals surface area contributed by atoms with Gasteiger partial charge in [0.05, 0.1) is 0 Å². The van der Waals surface area contributed by atoms with E-state index >= 15 is 0 Å². The van der Waals surface area contributed by atoms with Crippen molar-refractivity contribution in [2.45, 2.75) is 39.5 Å². The molecule has 0 bridgehead atoms. The van der Waals surface area contributed by atoms with Gasteiger partial charge in [-0.05, 0) is 0 Å². The van der Waals surface area contributed by atoms with Crippen LogP contribution in [0.2, 0.25) is 0 Å². The second-order valence-corrected chi connectivity index (χ2v) is 12.4. The third kappa shape index (κ3) is 7.13. The molecular weight excluding hydrogens is 403 g/mol. The van der Waals surface area contributed by atoms with Crippen LogP contribution in [0.3, 0.4) is 0 Å². The summed E-state index contributed by atoms with van der Waals surface area (Å²) in [6, 6.07) is 0. The third-order valence-electron chi connectivity index (χ3n) is 4.40. The fourth-order valence-corrected chi connectivity index (χ4v) is 8.21. The first-order valence-corrected chi connectivity index (χ1v) is 13.9. The van der Waals surface area contributed by atoms with E-state index in [2.05, 4.69) is 23.6 Å². The van der Waals surface area contributed by atoms with Gasteiger partial charge in [-0.15, -0.1) is 0 Å². The van der Waals surface area contributed by atoms with Crippen molar-refractivity contribution in [3.8, 4) is 0 Å². The van der Waals surface area contributed by atoms with Gasteiger partial charge >= 0.3 is 147 Å². The van der Waals surface area contributed by atoms with Crippen molar-refractivity contribution in [3.05, 3.63) is 0 Å². The van der Waals surface area contributed by atoms with Gasteiger partial charge in [-0.1, -0.05) is 0 Å². The molecule has 1 spiro atoms. The van der Waals surface area contributed by atoms with Gasteiger partial charge in [0.2, 0.25) is 0 Å². The quantitative estimate of drug-likeness (QED) is 0.590. The molecular formula is C16H34N2O4Sn. The van der Waals surface area contributed by atoms with E-state index in [1.54, 1.807) is 0 Å². The van der Waals surface area contributed by atoms with Gasteiger partial charge in [0, 0.05) is 0 Å². The molecule has 6 nitrogen and oxygen atoms in total. The van der Waals surface area contributed by atoms with Crippen LogP contribution in [-0.2, 0) is 12.3 Å². The van der Waals surface area contributed by atoms with Crippen molar-refractivity contribution >= 4 is 20.0 Å². The van der Waals surface area contributed by atoms with Gasteiger partial charge in [0.25, 0.3) is 0 Å². The molecule has 0 saturated carbocycles. The number of hydrogen-bond acceptors (Lipinski definition) is 6. The maximum absolute atomic E-state index is 6.06. The fourth-order valence-electron chi connectivity index (χ4n) is 2.88. The second-order valence-electron chi connectivity index (χ2n) is 6.28. The van der Waals surface area contributed by atoms with E-state index in [0.717, 1.165) is 39.3 Å². The first-order chi connectivity index (χ1) is 11.3. The number of nitrogens with zero attached hydrogens (tertiary/aromatic N) is 2. The molecule has 2 aliphatic heterocycles. The molecule has 0 radical (unpaired) electrons. The molecule has 0 unspecified atom stereocenters. The fraction of sp³-hybridized carbons (Fsp3) is 1.00. The molecule has 7 heteroatoms. The first-order valence-electron chi connectivity index (χ1n) is 9.28. The number of unbranched alkanes of at least 4 members (excludes halogenated alkanes) is 2. The zero-order valence-corrected chi connectivity index (χ0v) is 17.8. The van der Waals surface area contributed by atoms with Crippen LogP contribution in [0.15, 0.2) is 0 Å². The zero-order chi connectivity index (χ0) is 16.4. The number of rotatable bonds is 6. The van der Waals surface area contributed by atoms with Crippen molar-refractivity contribution in [1.29, 1.82) is 0 Å². The molecule has 136 valence electrons. The molecule has 2 fully saturated rings. The SMILES string of the molecule is CCCCN1CC[O][Sn]2([O]CC1)[O]CCN(CCCC)CC[O]2. The summed E-state index contributed by atoms with van der Waals surface area (Å²) < 4.78 is 24.2. The van der Waals surface area contributed by atoms with Gasteiger partial charge in [-0.2, -0.15) is 0 Å². The van der Waals surface area contributed by atoms with Crippen molar-refractivity contribution in [3.63, 3.8) is 0 Å². The van der Waals surface area contributed by atoms with Crippen molar-refractivity contribution in [2.75, 3.05) is 65.7 Å². The minimum atomic E-state index is -3.74. The first kappa shape index (κ1) is 19.9. The van der Waals surface area contributed by atoms with Crippen LogP contribution in [0.4, 0.5) is 0 Å². The minimum absolute atomic E-state index is 0.666. The van der Waals surface area contributed by atoms with Crippen LogP contribution >= 0.6 is 0 Å². The molecule has 23 heavy (non-hydrogen) atoms. The monoisotopic (exact) mass is 438 g/mol. The predicted molar refractivity (Wildman–Crippen MR) is 92.3 cm³/mol. The summed E-state index contributed by atoms with van der Waals surface area (Å²) in [5.74, 6) is 0. The predicted octanol–water partition coefficient (Wildman–Crippen LogP) is 1.72. The molecule has 0 aromatic heterocycles. The van der Waals surface area contributed by atoms with Gasteiger partial charge in [0.1, 0.15) is 0 Å². The molecule has 0 aliphatic carbocycles. The van der Waals surface area contributed by atoms with E-state index in [9.17, 15) is 0 Å². The Labute approximate surface area is 147 Å². The van der Waals surface area contributed by atoms with E-state index in [4.69, 9.17) is 12.3 Å². The van der Waals surface area contributed by atoms with Crippen molar-refractivity contribution in [2.24, 2.45) is 0 Å². The topological polar surface area (TPSA) is 43.4 Å². The Morgan fingerprint density at radius 1 is 0.652 bits per heavy atom. The van der Waals surface area contributed by atoms with E-state index in [1.165, 1.54) is 25.7 Å². The Kier molecular flexibility index (Phi) is 9.70. The van der Waals surface area contributed by atoms with E-state index < -0.39 is 20.0 Å². The Morgan fingerprint density at radius 2 is 1.00 bits per heavy atom. The number of hydrogen-bond donors (Lipinski definition) is 0. The summed E-state index contributed by atoms with van der Waals surface area (Å²) >= 11 is -3.74. The van der Waals surface area contributed by atoms with E-state index in [-0.39, 0.29) is 0 Å². The molecule has 0 atom stereocenters. The van der Waals surface area contributed by atoms with E-state index in [1.807, 2.05) is 0 Å². The third-order valence-corrected chi connectivity index (χ3v) is 10.8. The van der Waals surface area contributed by atoms with Gasteiger partial charge in [0.15, 0.2) is 0 Å². The molecule has 2 heterocycles. The molecule has 2 aliphatic rings. The summed E-state index contributed by atoms with van der Waals surface area (Å²) in [6.07, 6.45) is 4.91. The Hall–Kier alpha value is 0.559. The second kappa shape index (κ2) is 11.2. The summed E-state index contributed by atoms with van der Waals surface area (Å²) in [4.78, 5) is 4.83. The van der Waals surface area contributed by atoms with Crippen LogP contribution in [0.1, 0.15) is 39.5 Å². The summed E-state index contributed by atoms with van der Waals surface area (Å²) in [7, 11) is 0. The molecule has 0 aromatic carbocycles. The van der Waals surface area contributed by atoms with Crippen LogP contribution in [-0.4, -0.2) is 95.5 Å². The summed E-state index contributed by atoms with van der Waals surface area (Å²) in [6.45, 7) is 13.2. The van der Waals surface area contributed by atoms with Crippen molar-refractivity contribution in [1.82, 2.24) is 9.80 Å².